The molecule has 1 saturated heterocycles. The predicted molar refractivity (Wildman–Crippen MR) is 74.9 cm³/mol. The molecular formula is C14H25N3O3. The third kappa shape index (κ3) is 4.76. The van der Waals surface area contributed by atoms with Crippen molar-refractivity contribution in [2.75, 3.05) is 19.7 Å². The van der Waals surface area contributed by atoms with E-state index in [0.29, 0.717) is 38.3 Å². The maximum absolute atomic E-state index is 11.7. The van der Waals surface area contributed by atoms with Crippen LogP contribution in [0.3, 0.4) is 0 Å². The van der Waals surface area contributed by atoms with Crippen LogP contribution in [0, 0.1) is 5.92 Å². The second-order valence-corrected chi connectivity index (χ2v) is 5.76. The van der Waals surface area contributed by atoms with Crippen molar-refractivity contribution in [2.24, 2.45) is 11.7 Å². The summed E-state index contributed by atoms with van der Waals surface area (Å²) in [5, 5.41) is 5.52. The molecule has 0 bridgehead atoms. The van der Waals surface area contributed by atoms with Gasteiger partial charge in [-0.3, -0.25) is 9.59 Å². The van der Waals surface area contributed by atoms with E-state index in [0.717, 1.165) is 32.1 Å². The smallest absolute Gasteiger partial charge is 0.225 e. The summed E-state index contributed by atoms with van der Waals surface area (Å²) in [5.41, 5.74) is 5.84. The van der Waals surface area contributed by atoms with Gasteiger partial charge in [0.2, 0.25) is 11.8 Å². The van der Waals surface area contributed by atoms with E-state index >= 15 is 0 Å². The van der Waals surface area contributed by atoms with E-state index in [4.69, 9.17) is 10.5 Å². The monoisotopic (exact) mass is 283 g/mol. The molecule has 2 rings (SSSR count). The van der Waals surface area contributed by atoms with Gasteiger partial charge in [-0.25, -0.2) is 0 Å². The minimum atomic E-state index is -0.205. The Bertz CT molecular complexity index is 341. The first kappa shape index (κ1) is 15.3. The highest BCUT2D eigenvalue weighted by atomic mass is 16.5. The van der Waals surface area contributed by atoms with E-state index < -0.39 is 0 Å². The number of hydrogen-bond donors (Lipinski definition) is 3. The van der Waals surface area contributed by atoms with E-state index in [9.17, 15) is 9.59 Å². The van der Waals surface area contributed by atoms with Crippen LogP contribution >= 0.6 is 0 Å². The molecule has 0 aromatic heterocycles. The Morgan fingerprint density at radius 3 is 2.75 bits per heavy atom. The van der Waals surface area contributed by atoms with Crippen molar-refractivity contribution in [3.05, 3.63) is 0 Å². The fourth-order valence-corrected chi connectivity index (χ4v) is 2.72. The maximum Gasteiger partial charge on any atom is 0.225 e. The Morgan fingerprint density at radius 1 is 1.35 bits per heavy atom. The van der Waals surface area contributed by atoms with Gasteiger partial charge in [0.05, 0.1) is 12.0 Å². The van der Waals surface area contributed by atoms with Crippen LogP contribution in [-0.4, -0.2) is 43.7 Å². The number of hydrogen-bond acceptors (Lipinski definition) is 4. The number of amides is 2. The fraction of sp³-hybridized carbons (Fsp3) is 0.857. The Labute approximate surface area is 119 Å². The van der Waals surface area contributed by atoms with Crippen molar-refractivity contribution in [3.63, 3.8) is 0 Å². The summed E-state index contributed by atoms with van der Waals surface area (Å²) in [6.07, 6.45) is 5.63. The summed E-state index contributed by atoms with van der Waals surface area (Å²) in [5.74, 6) is -0.278. The first-order chi connectivity index (χ1) is 9.65. The Hall–Kier alpha value is -1.14. The van der Waals surface area contributed by atoms with Gasteiger partial charge in [0.15, 0.2) is 0 Å². The topological polar surface area (TPSA) is 93.4 Å². The third-order valence-corrected chi connectivity index (χ3v) is 4.04. The Balaban J connectivity index is 1.49. The highest BCUT2D eigenvalue weighted by Gasteiger charge is 2.27. The molecule has 2 aliphatic rings. The first-order valence-electron chi connectivity index (χ1n) is 7.56. The van der Waals surface area contributed by atoms with Crippen molar-refractivity contribution in [1.82, 2.24) is 10.6 Å². The third-order valence-electron chi connectivity index (χ3n) is 4.04. The van der Waals surface area contributed by atoms with Crippen molar-refractivity contribution in [1.29, 1.82) is 0 Å². The molecule has 0 radical (unpaired) electrons. The van der Waals surface area contributed by atoms with Gasteiger partial charge in [-0.05, 0) is 32.1 Å². The van der Waals surface area contributed by atoms with E-state index in [-0.39, 0.29) is 17.7 Å². The second kappa shape index (κ2) is 7.59. The average Bonchev–Trinajstić information content (AvgIpc) is 2.87. The predicted octanol–water partition coefficient (Wildman–Crippen LogP) is -0.0847. The molecule has 1 heterocycles. The quantitative estimate of drug-likeness (QED) is 0.594. The summed E-state index contributed by atoms with van der Waals surface area (Å²) in [6, 6.07) is 0.344. The van der Waals surface area contributed by atoms with Crippen LogP contribution in [0.5, 0.6) is 0 Å². The van der Waals surface area contributed by atoms with Crippen LogP contribution in [0.15, 0.2) is 0 Å². The summed E-state index contributed by atoms with van der Waals surface area (Å²) >= 11 is 0. The molecule has 1 aliphatic heterocycles. The molecule has 20 heavy (non-hydrogen) atoms. The maximum atomic E-state index is 11.7. The van der Waals surface area contributed by atoms with Crippen molar-refractivity contribution < 1.29 is 14.3 Å². The van der Waals surface area contributed by atoms with Gasteiger partial charge in [0.25, 0.3) is 0 Å². The van der Waals surface area contributed by atoms with Crippen LogP contribution in [0.4, 0.5) is 0 Å². The number of carbonyl (C=O) groups is 2. The molecule has 2 amide bonds. The average molecular weight is 283 g/mol. The van der Waals surface area contributed by atoms with E-state index in [1.54, 1.807) is 0 Å². The number of carbonyl (C=O) groups excluding carboxylic acids is 2. The fourth-order valence-electron chi connectivity index (χ4n) is 2.72. The van der Waals surface area contributed by atoms with Crippen molar-refractivity contribution in [2.45, 2.75) is 50.7 Å². The minimum absolute atomic E-state index is 0.0352. The molecular weight excluding hydrogens is 258 g/mol. The molecule has 1 atom stereocenters. The van der Waals surface area contributed by atoms with Gasteiger partial charge in [-0.1, -0.05) is 0 Å². The standard InChI is InChI=1S/C14H25N3O3/c15-11-2-4-12(5-3-11)20-7-1-6-16-14(19)10-8-13(18)17-9-10/h10-12H,1-9,15H2,(H,16,19)(H,17,18). The molecule has 1 aliphatic carbocycles. The van der Waals surface area contributed by atoms with Crippen LogP contribution in [-0.2, 0) is 14.3 Å². The lowest BCUT2D eigenvalue weighted by Gasteiger charge is -2.26. The van der Waals surface area contributed by atoms with E-state index in [1.807, 2.05) is 0 Å². The zero-order chi connectivity index (χ0) is 14.4. The van der Waals surface area contributed by atoms with Gasteiger partial charge in [0.1, 0.15) is 0 Å². The summed E-state index contributed by atoms with van der Waals surface area (Å²) in [7, 11) is 0. The van der Waals surface area contributed by atoms with Gasteiger partial charge in [-0.15, -0.1) is 0 Å². The number of nitrogens with two attached hydrogens (primary N) is 1. The lowest BCUT2D eigenvalue weighted by molar-refractivity contribution is -0.126. The lowest BCUT2D eigenvalue weighted by Crippen LogP contribution is -2.33. The van der Waals surface area contributed by atoms with Crippen molar-refractivity contribution >= 4 is 11.8 Å². The molecule has 2 fully saturated rings. The molecule has 4 N–H and O–H groups in total. The van der Waals surface area contributed by atoms with Gasteiger partial charge >= 0.3 is 0 Å². The van der Waals surface area contributed by atoms with E-state index in [2.05, 4.69) is 10.6 Å². The molecule has 6 heteroatoms. The number of rotatable bonds is 6. The number of nitrogens with one attached hydrogen (secondary N) is 2. The van der Waals surface area contributed by atoms with Crippen LogP contribution < -0.4 is 16.4 Å². The zero-order valence-corrected chi connectivity index (χ0v) is 11.9. The highest BCUT2D eigenvalue weighted by Crippen LogP contribution is 2.19. The summed E-state index contributed by atoms with van der Waals surface area (Å²) in [6.45, 7) is 1.74. The molecule has 0 aromatic carbocycles. The Kier molecular flexibility index (Phi) is 5.79. The Morgan fingerprint density at radius 2 is 2.10 bits per heavy atom. The molecule has 1 saturated carbocycles. The van der Waals surface area contributed by atoms with Gasteiger partial charge < -0.3 is 21.1 Å². The number of ether oxygens (including phenoxy) is 1. The van der Waals surface area contributed by atoms with Gasteiger partial charge in [-0.2, -0.15) is 0 Å². The molecule has 0 spiro atoms. The van der Waals surface area contributed by atoms with Gasteiger partial charge in [0, 0.05) is 32.2 Å². The second-order valence-electron chi connectivity index (χ2n) is 5.76. The largest absolute Gasteiger partial charge is 0.378 e. The van der Waals surface area contributed by atoms with Crippen molar-refractivity contribution in [3.8, 4) is 0 Å². The summed E-state index contributed by atoms with van der Waals surface area (Å²) in [4.78, 5) is 22.7. The lowest BCUT2D eigenvalue weighted by atomic mass is 9.94. The first-order valence-corrected chi connectivity index (χ1v) is 7.56. The SMILES string of the molecule is NC1CCC(OCCCNC(=O)C2CNC(=O)C2)CC1. The summed E-state index contributed by atoms with van der Waals surface area (Å²) < 4.78 is 5.78. The van der Waals surface area contributed by atoms with Crippen LogP contribution in [0.25, 0.3) is 0 Å². The molecule has 114 valence electrons. The molecule has 0 aromatic rings. The van der Waals surface area contributed by atoms with Crippen LogP contribution in [0.1, 0.15) is 38.5 Å². The highest BCUT2D eigenvalue weighted by molar-refractivity contribution is 5.89. The van der Waals surface area contributed by atoms with E-state index in [1.165, 1.54) is 0 Å². The van der Waals surface area contributed by atoms with Crippen LogP contribution in [0.2, 0.25) is 0 Å². The molecule has 1 unspecified atom stereocenters. The zero-order valence-electron chi connectivity index (χ0n) is 11.9. The molecule has 6 nitrogen and oxygen atoms in total. The normalized spacial score (nSPS) is 30.1. The minimum Gasteiger partial charge on any atom is -0.378 e.